The molecular weight excluding hydrogens is 174 g/mol. The largest absolute Gasteiger partial charge is 0.393 e. The summed E-state index contributed by atoms with van der Waals surface area (Å²) in [5, 5.41) is 9.76. The summed E-state index contributed by atoms with van der Waals surface area (Å²) >= 11 is 5.85. The van der Waals surface area contributed by atoms with Crippen molar-refractivity contribution in [2.45, 2.75) is 37.5 Å². The molecule has 0 radical (unpaired) electrons. The Hall–Kier alpha value is 0.210. The molecule has 4 atom stereocenters. The second kappa shape index (κ2) is 3.17. The van der Waals surface area contributed by atoms with Crippen LogP contribution in [-0.2, 0) is 0 Å². The summed E-state index contributed by atoms with van der Waals surface area (Å²) in [4.78, 5) is 2.40. The van der Waals surface area contributed by atoms with Gasteiger partial charge in [-0.1, -0.05) is 0 Å². The smallest absolute Gasteiger partial charge is 0.0609 e. The van der Waals surface area contributed by atoms with Gasteiger partial charge in [-0.3, -0.25) is 4.90 Å². The van der Waals surface area contributed by atoms with Gasteiger partial charge in [-0.25, -0.2) is 0 Å². The van der Waals surface area contributed by atoms with Gasteiger partial charge in [0, 0.05) is 23.9 Å². The van der Waals surface area contributed by atoms with Crippen LogP contribution in [0, 0.1) is 5.92 Å². The van der Waals surface area contributed by atoms with Crippen LogP contribution in [0.3, 0.4) is 0 Å². The van der Waals surface area contributed by atoms with E-state index >= 15 is 0 Å². The zero-order chi connectivity index (χ0) is 8.72. The average molecular weight is 190 g/mol. The van der Waals surface area contributed by atoms with Crippen LogP contribution in [0.5, 0.6) is 0 Å². The first-order valence-electron chi connectivity index (χ1n) is 4.70. The summed E-state index contributed by atoms with van der Waals surface area (Å²) in [5.74, 6) is 0.901. The summed E-state index contributed by atoms with van der Waals surface area (Å²) in [6.45, 7) is 0. The van der Waals surface area contributed by atoms with Gasteiger partial charge in [-0.05, 0) is 26.3 Å². The minimum Gasteiger partial charge on any atom is -0.393 e. The lowest BCUT2D eigenvalue weighted by Crippen LogP contribution is -2.49. The lowest BCUT2D eigenvalue weighted by atomic mass is 9.89. The Morgan fingerprint density at radius 1 is 1.50 bits per heavy atom. The Morgan fingerprint density at radius 2 is 2.25 bits per heavy atom. The third-order valence-corrected chi connectivity index (χ3v) is 3.93. The molecule has 0 aromatic heterocycles. The summed E-state index contributed by atoms with van der Waals surface area (Å²) in [7, 11) is 2.16. The Bertz CT molecular complexity index is 176. The van der Waals surface area contributed by atoms with E-state index in [-0.39, 0.29) is 6.10 Å². The third-order valence-electron chi connectivity index (χ3n) is 3.57. The Morgan fingerprint density at radius 3 is 2.92 bits per heavy atom. The van der Waals surface area contributed by atoms with E-state index in [2.05, 4.69) is 11.9 Å². The number of piperidine rings is 1. The average Bonchev–Trinajstić information content (AvgIpc) is 2.34. The van der Waals surface area contributed by atoms with Crippen molar-refractivity contribution in [3.05, 3.63) is 0 Å². The lowest BCUT2D eigenvalue weighted by molar-refractivity contribution is 0.00316. The van der Waals surface area contributed by atoms with Crippen LogP contribution in [0.15, 0.2) is 0 Å². The Balaban J connectivity index is 2.14. The molecule has 2 unspecified atom stereocenters. The van der Waals surface area contributed by atoms with E-state index in [0.717, 1.165) is 6.42 Å². The van der Waals surface area contributed by atoms with Crippen molar-refractivity contribution in [1.29, 1.82) is 0 Å². The molecule has 2 aliphatic rings. The van der Waals surface area contributed by atoms with Crippen molar-refractivity contribution >= 4 is 11.6 Å². The highest BCUT2D eigenvalue weighted by Crippen LogP contribution is 2.38. The highest BCUT2D eigenvalue weighted by atomic mass is 35.5. The molecule has 0 aromatic carbocycles. The predicted molar refractivity (Wildman–Crippen MR) is 49.4 cm³/mol. The number of hydrogen-bond acceptors (Lipinski definition) is 2. The topological polar surface area (TPSA) is 23.5 Å². The van der Waals surface area contributed by atoms with Gasteiger partial charge in [0.25, 0.3) is 0 Å². The van der Waals surface area contributed by atoms with Crippen LogP contribution in [0.2, 0.25) is 0 Å². The van der Waals surface area contributed by atoms with Gasteiger partial charge in [-0.15, -0.1) is 11.6 Å². The second-order valence-electron chi connectivity index (χ2n) is 4.09. The molecule has 0 aliphatic carbocycles. The minimum atomic E-state index is -0.156. The standard InChI is InChI=1S/C9H16ClNO/c1-11-6-2-3-8(11)7(5-10)9(12)4-6/h6-9,12H,2-5H2,1H3/t6-,7?,8+,9?/m0/s1. The third kappa shape index (κ3) is 1.17. The molecule has 2 rings (SSSR count). The van der Waals surface area contributed by atoms with Crippen LogP contribution >= 0.6 is 11.6 Å². The number of rotatable bonds is 1. The summed E-state index contributed by atoms with van der Waals surface area (Å²) in [5.41, 5.74) is 0. The van der Waals surface area contributed by atoms with Gasteiger partial charge in [-0.2, -0.15) is 0 Å². The van der Waals surface area contributed by atoms with Gasteiger partial charge in [0.05, 0.1) is 6.10 Å². The normalized spacial score (nSPS) is 48.2. The molecule has 2 nitrogen and oxygen atoms in total. The number of fused-ring (bicyclic) bond motifs is 2. The number of hydrogen-bond donors (Lipinski definition) is 1. The SMILES string of the molecule is CN1[C@H]2CC[C@@H]1C(CCl)C(O)C2. The van der Waals surface area contributed by atoms with Crippen molar-refractivity contribution in [2.75, 3.05) is 12.9 Å². The van der Waals surface area contributed by atoms with Gasteiger partial charge in [0.2, 0.25) is 0 Å². The Labute approximate surface area is 78.5 Å². The fourth-order valence-corrected chi connectivity index (χ4v) is 3.17. The van der Waals surface area contributed by atoms with E-state index in [0.29, 0.717) is 23.9 Å². The minimum absolute atomic E-state index is 0.156. The summed E-state index contributed by atoms with van der Waals surface area (Å²) in [6, 6.07) is 1.15. The van der Waals surface area contributed by atoms with Gasteiger partial charge < -0.3 is 5.11 Å². The molecule has 1 N–H and O–H groups in total. The predicted octanol–water partition coefficient (Wildman–Crippen LogP) is 1.07. The molecule has 2 aliphatic heterocycles. The number of nitrogens with zero attached hydrogens (tertiary/aromatic N) is 1. The molecule has 3 heteroatoms. The molecule has 0 amide bonds. The maximum Gasteiger partial charge on any atom is 0.0609 e. The molecule has 2 fully saturated rings. The van der Waals surface area contributed by atoms with Crippen molar-refractivity contribution in [3.63, 3.8) is 0 Å². The second-order valence-corrected chi connectivity index (χ2v) is 4.39. The van der Waals surface area contributed by atoms with E-state index in [1.54, 1.807) is 0 Å². The first-order chi connectivity index (χ1) is 5.74. The van der Waals surface area contributed by atoms with Crippen molar-refractivity contribution in [2.24, 2.45) is 5.92 Å². The number of aliphatic hydroxyl groups excluding tert-OH is 1. The van der Waals surface area contributed by atoms with E-state index < -0.39 is 0 Å². The van der Waals surface area contributed by atoms with Crippen LogP contribution in [-0.4, -0.2) is 41.1 Å². The molecule has 0 spiro atoms. The number of halogens is 1. The van der Waals surface area contributed by atoms with E-state index in [1.165, 1.54) is 12.8 Å². The molecule has 2 heterocycles. The van der Waals surface area contributed by atoms with Gasteiger partial charge in [0.1, 0.15) is 0 Å². The molecular formula is C9H16ClNO. The fraction of sp³-hybridized carbons (Fsp3) is 1.00. The maximum absolute atomic E-state index is 9.76. The first kappa shape index (κ1) is 8.79. The quantitative estimate of drug-likeness (QED) is 0.624. The summed E-state index contributed by atoms with van der Waals surface area (Å²) in [6.07, 6.45) is 3.22. The fourth-order valence-electron chi connectivity index (χ4n) is 2.76. The number of aliphatic hydroxyl groups is 1. The van der Waals surface area contributed by atoms with Gasteiger partial charge in [0.15, 0.2) is 0 Å². The molecule has 12 heavy (non-hydrogen) atoms. The highest BCUT2D eigenvalue weighted by molar-refractivity contribution is 6.18. The van der Waals surface area contributed by atoms with Crippen LogP contribution in [0.4, 0.5) is 0 Å². The molecule has 2 saturated heterocycles. The lowest BCUT2D eigenvalue weighted by Gasteiger charge is -2.39. The molecule has 2 bridgehead atoms. The Kier molecular flexibility index (Phi) is 2.32. The maximum atomic E-state index is 9.76. The van der Waals surface area contributed by atoms with E-state index in [1.807, 2.05) is 0 Å². The first-order valence-corrected chi connectivity index (χ1v) is 5.23. The van der Waals surface area contributed by atoms with Crippen molar-refractivity contribution in [3.8, 4) is 0 Å². The molecule has 70 valence electrons. The number of alkyl halides is 1. The monoisotopic (exact) mass is 189 g/mol. The zero-order valence-electron chi connectivity index (χ0n) is 7.41. The van der Waals surface area contributed by atoms with Crippen LogP contribution in [0.1, 0.15) is 19.3 Å². The molecule has 0 saturated carbocycles. The van der Waals surface area contributed by atoms with Gasteiger partial charge >= 0.3 is 0 Å². The van der Waals surface area contributed by atoms with Crippen LogP contribution in [0.25, 0.3) is 0 Å². The van der Waals surface area contributed by atoms with Crippen molar-refractivity contribution < 1.29 is 5.11 Å². The summed E-state index contributed by atoms with van der Waals surface area (Å²) < 4.78 is 0. The van der Waals surface area contributed by atoms with E-state index in [4.69, 9.17) is 11.6 Å². The van der Waals surface area contributed by atoms with E-state index in [9.17, 15) is 5.11 Å². The van der Waals surface area contributed by atoms with Crippen LogP contribution < -0.4 is 0 Å². The zero-order valence-corrected chi connectivity index (χ0v) is 8.17. The van der Waals surface area contributed by atoms with Crippen molar-refractivity contribution in [1.82, 2.24) is 4.90 Å². The molecule has 0 aromatic rings. The highest BCUT2D eigenvalue weighted by Gasteiger charge is 2.44.